The molecule has 7 rings (SSSR count). The Kier molecular flexibility index (Phi) is 13.4. The third-order valence-electron chi connectivity index (χ3n) is 9.06. The Morgan fingerprint density at radius 3 is 0.810 bits per heavy atom. The Morgan fingerprint density at radius 2 is 0.552 bits per heavy atom. The van der Waals surface area contributed by atoms with Crippen molar-refractivity contribution >= 4 is 12.6 Å². The van der Waals surface area contributed by atoms with Crippen molar-refractivity contribution in [3.63, 3.8) is 0 Å². The zero-order valence-electron chi connectivity index (χ0n) is 31.8. The number of hydrogen-bond donors (Lipinski definition) is 0. The van der Waals surface area contributed by atoms with Gasteiger partial charge in [0.15, 0.2) is 12.6 Å². The van der Waals surface area contributed by atoms with E-state index in [0.29, 0.717) is 62.0 Å². The van der Waals surface area contributed by atoms with Gasteiger partial charge in [0.25, 0.3) is 0 Å². The molecule has 0 aliphatic rings. The number of ether oxygens (including phenoxy) is 6. The summed E-state index contributed by atoms with van der Waals surface area (Å²) in [6.45, 7) is 1.63. The first kappa shape index (κ1) is 38.9. The van der Waals surface area contributed by atoms with E-state index in [1.54, 1.807) is 0 Å². The van der Waals surface area contributed by atoms with Crippen LogP contribution in [0.3, 0.4) is 0 Å². The van der Waals surface area contributed by atoms with Crippen LogP contribution in [0, 0.1) is 0 Å². The fourth-order valence-corrected chi connectivity index (χ4v) is 6.07. The van der Waals surface area contributed by atoms with Crippen LogP contribution in [0.2, 0.25) is 0 Å². The molecular formula is C50H42O8. The van der Waals surface area contributed by atoms with Crippen molar-refractivity contribution in [1.82, 2.24) is 0 Å². The minimum Gasteiger partial charge on any atom is -0.489 e. The van der Waals surface area contributed by atoms with Gasteiger partial charge in [-0.3, -0.25) is 9.59 Å². The third kappa shape index (κ3) is 11.4. The van der Waals surface area contributed by atoms with Crippen molar-refractivity contribution in [1.29, 1.82) is 0 Å². The second-order valence-corrected chi connectivity index (χ2v) is 13.5. The molecule has 0 fully saturated rings. The molecule has 0 radical (unpaired) electrons. The molecule has 0 heterocycles. The number of aldehydes is 2. The molecule has 0 unspecified atom stereocenters. The van der Waals surface area contributed by atoms with Gasteiger partial charge >= 0.3 is 0 Å². The Bertz CT molecular complexity index is 2090. The highest BCUT2D eigenvalue weighted by Crippen LogP contribution is 2.32. The van der Waals surface area contributed by atoms with E-state index in [0.717, 1.165) is 33.4 Å². The highest BCUT2D eigenvalue weighted by Gasteiger charge is 2.15. The van der Waals surface area contributed by atoms with Gasteiger partial charge in [0.2, 0.25) is 0 Å². The van der Waals surface area contributed by atoms with E-state index in [-0.39, 0.29) is 35.8 Å². The molecule has 0 saturated carbocycles. The van der Waals surface area contributed by atoms with Gasteiger partial charge in [-0.2, -0.15) is 0 Å². The Balaban J connectivity index is 1.06. The fraction of sp³-hybridized carbons (Fsp3) is 0.120. The normalized spacial score (nSPS) is 10.6. The lowest BCUT2D eigenvalue weighted by atomic mass is 10.1. The van der Waals surface area contributed by atoms with Crippen molar-refractivity contribution in [3.8, 4) is 34.5 Å². The largest absolute Gasteiger partial charge is 0.489 e. The van der Waals surface area contributed by atoms with Crippen molar-refractivity contribution in [2.75, 3.05) is 0 Å². The topological polar surface area (TPSA) is 89.5 Å². The van der Waals surface area contributed by atoms with Gasteiger partial charge in [0.05, 0.1) is 11.1 Å². The van der Waals surface area contributed by atoms with Crippen LogP contribution >= 0.6 is 0 Å². The monoisotopic (exact) mass is 770 g/mol. The molecule has 0 saturated heterocycles. The molecule has 58 heavy (non-hydrogen) atoms. The summed E-state index contributed by atoms with van der Waals surface area (Å²) in [6, 6.07) is 53.7. The molecule has 0 spiro atoms. The van der Waals surface area contributed by atoms with Gasteiger partial charge in [-0.15, -0.1) is 0 Å². The molecule has 0 aliphatic carbocycles. The minimum atomic E-state index is 0.0745. The van der Waals surface area contributed by atoms with Crippen molar-refractivity contribution in [2.45, 2.75) is 39.6 Å². The number of carbonyl (C=O) groups is 2. The molecule has 290 valence electrons. The van der Waals surface area contributed by atoms with Crippen LogP contribution in [0.1, 0.15) is 54.1 Å². The van der Waals surface area contributed by atoms with Crippen LogP contribution in [0.4, 0.5) is 0 Å². The third-order valence-corrected chi connectivity index (χ3v) is 9.06. The summed E-state index contributed by atoms with van der Waals surface area (Å²) in [5.74, 6) is 2.88. The first-order chi connectivity index (χ1) is 28.6. The number of rotatable bonds is 20. The maximum atomic E-state index is 12.4. The standard InChI is InChI=1S/C50H42O8/c51-29-43-26-50(58-36-42-23-47(55-33-39-17-9-3-10-18-39)28-48(24-42)56-34-40-19-11-4-12-20-40)44(30-52)25-49(43)57-35-41-21-45(53-31-37-13-5-1-6-14-37)27-46(22-41)54-32-38-15-7-2-8-16-38/h1-30H,31-36H2. The minimum absolute atomic E-state index is 0.0745. The van der Waals surface area contributed by atoms with E-state index >= 15 is 0 Å². The zero-order valence-corrected chi connectivity index (χ0v) is 31.8. The summed E-state index contributed by atoms with van der Waals surface area (Å²) >= 11 is 0. The predicted molar refractivity (Wildman–Crippen MR) is 222 cm³/mol. The summed E-state index contributed by atoms with van der Waals surface area (Å²) in [4.78, 5) is 24.8. The molecule has 0 aliphatic heterocycles. The van der Waals surface area contributed by atoms with E-state index in [1.165, 1.54) is 12.1 Å². The molecule has 8 heteroatoms. The van der Waals surface area contributed by atoms with E-state index in [9.17, 15) is 9.59 Å². The number of benzene rings is 7. The van der Waals surface area contributed by atoms with E-state index in [1.807, 2.05) is 158 Å². The van der Waals surface area contributed by atoms with Crippen molar-refractivity contribution in [3.05, 3.63) is 214 Å². The van der Waals surface area contributed by atoms with Crippen LogP contribution in [0.5, 0.6) is 34.5 Å². The lowest BCUT2D eigenvalue weighted by Gasteiger charge is -2.16. The maximum Gasteiger partial charge on any atom is 0.153 e. The van der Waals surface area contributed by atoms with Gasteiger partial charge < -0.3 is 28.4 Å². The van der Waals surface area contributed by atoms with Gasteiger partial charge in [-0.25, -0.2) is 0 Å². The molecule has 8 nitrogen and oxygen atoms in total. The average molecular weight is 771 g/mol. The van der Waals surface area contributed by atoms with Crippen LogP contribution < -0.4 is 28.4 Å². The second-order valence-electron chi connectivity index (χ2n) is 13.5. The summed E-state index contributed by atoms with van der Waals surface area (Å²) < 4.78 is 37.0. The lowest BCUT2D eigenvalue weighted by Crippen LogP contribution is -2.05. The summed E-state index contributed by atoms with van der Waals surface area (Å²) in [6.07, 6.45) is 1.36. The van der Waals surface area contributed by atoms with E-state index in [4.69, 9.17) is 28.4 Å². The van der Waals surface area contributed by atoms with Crippen molar-refractivity contribution in [2.24, 2.45) is 0 Å². The Morgan fingerprint density at radius 1 is 0.293 bits per heavy atom. The molecule has 0 amide bonds. The van der Waals surface area contributed by atoms with E-state index in [2.05, 4.69) is 0 Å². The van der Waals surface area contributed by atoms with Gasteiger partial charge in [-0.05, 0) is 69.8 Å². The first-order valence-corrected chi connectivity index (χ1v) is 18.9. The molecule has 7 aromatic carbocycles. The quantitative estimate of drug-likeness (QED) is 0.0708. The first-order valence-electron chi connectivity index (χ1n) is 18.9. The molecule has 0 N–H and O–H groups in total. The van der Waals surface area contributed by atoms with Gasteiger partial charge in [0, 0.05) is 12.1 Å². The highest BCUT2D eigenvalue weighted by molar-refractivity contribution is 5.87. The highest BCUT2D eigenvalue weighted by atomic mass is 16.5. The summed E-state index contributed by atoms with van der Waals surface area (Å²) in [5.41, 5.74) is 6.05. The smallest absolute Gasteiger partial charge is 0.153 e. The fourth-order valence-electron chi connectivity index (χ4n) is 6.07. The van der Waals surface area contributed by atoms with Gasteiger partial charge in [0.1, 0.15) is 74.1 Å². The zero-order chi connectivity index (χ0) is 39.8. The summed E-state index contributed by atoms with van der Waals surface area (Å²) in [5, 5.41) is 0. The van der Waals surface area contributed by atoms with E-state index < -0.39 is 0 Å². The van der Waals surface area contributed by atoms with Crippen LogP contribution in [0.15, 0.2) is 170 Å². The molecule has 7 aromatic rings. The summed E-state index contributed by atoms with van der Waals surface area (Å²) in [7, 11) is 0. The Hall–Kier alpha value is -7.32. The number of carbonyl (C=O) groups excluding carboxylic acids is 2. The molecule has 0 aromatic heterocycles. The molecular weight excluding hydrogens is 729 g/mol. The van der Waals surface area contributed by atoms with Crippen LogP contribution in [-0.2, 0) is 39.6 Å². The molecule has 0 atom stereocenters. The van der Waals surface area contributed by atoms with Gasteiger partial charge in [-0.1, -0.05) is 121 Å². The maximum absolute atomic E-state index is 12.4. The van der Waals surface area contributed by atoms with Crippen LogP contribution in [-0.4, -0.2) is 12.6 Å². The average Bonchev–Trinajstić information content (AvgIpc) is 3.28. The number of hydrogen-bond acceptors (Lipinski definition) is 8. The predicted octanol–water partition coefficient (Wildman–Crippen LogP) is 10.8. The van der Waals surface area contributed by atoms with Crippen LogP contribution in [0.25, 0.3) is 0 Å². The lowest BCUT2D eigenvalue weighted by molar-refractivity contribution is 0.110. The second kappa shape index (κ2) is 20.0. The SMILES string of the molecule is O=Cc1cc(OCc2cc(OCc3ccccc3)cc(OCc3ccccc3)c2)c(C=O)cc1OCc1cc(OCc2ccccc2)cc(OCc2ccccc2)c1. The van der Waals surface area contributed by atoms with Crippen molar-refractivity contribution < 1.29 is 38.0 Å². The molecule has 0 bridgehead atoms. The Labute approximate surface area is 338 Å².